The van der Waals surface area contributed by atoms with Crippen LogP contribution in [0.4, 0.5) is 0 Å². The average molecular weight is 355 g/mol. The van der Waals surface area contributed by atoms with Crippen LogP contribution in [0.3, 0.4) is 0 Å². The molecule has 1 aliphatic carbocycles. The van der Waals surface area contributed by atoms with Gasteiger partial charge in [-0.2, -0.15) is 5.10 Å². The van der Waals surface area contributed by atoms with Crippen LogP contribution in [0.15, 0.2) is 24.3 Å². The van der Waals surface area contributed by atoms with Gasteiger partial charge in [-0.15, -0.1) is 0 Å². The van der Waals surface area contributed by atoms with Crippen LogP contribution in [0, 0.1) is 0 Å². The minimum Gasteiger partial charge on any atom is -0.497 e. The lowest BCUT2D eigenvalue weighted by Crippen LogP contribution is -2.33. The second-order valence-corrected chi connectivity index (χ2v) is 7.74. The maximum atomic E-state index is 6.60. The number of hydrogen-bond donors (Lipinski definition) is 1. The molecule has 1 saturated carbocycles. The van der Waals surface area contributed by atoms with E-state index in [-0.39, 0.29) is 6.04 Å². The number of nitrogens with zero attached hydrogens (tertiary/aromatic N) is 4. The highest BCUT2D eigenvalue weighted by Crippen LogP contribution is 2.39. The molecule has 1 atom stereocenters. The molecule has 0 radical (unpaired) electrons. The van der Waals surface area contributed by atoms with Gasteiger partial charge in [0.2, 0.25) is 0 Å². The Kier molecular flexibility index (Phi) is 4.96. The van der Waals surface area contributed by atoms with Gasteiger partial charge < -0.3 is 15.4 Å². The molecule has 2 heterocycles. The van der Waals surface area contributed by atoms with E-state index in [9.17, 15) is 0 Å². The molecule has 140 valence electrons. The normalized spacial score (nSPS) is 20.3. The van der Waals surface area contributed by atoms with Crippen molar-refractivity contribution in [1.29, 1.82) is 0 Å². The zero-order valence-corrected chi connectivity index (χ0v) is 15.8. The Bertz CT molecular complexity index is 729. The van der Waals surface area contributed by atoms with E-state index < -0.39 is 0 Å². The summed E-state index contributed by atoms with van der Waals surface area (Å²) in [5.74, 6) is 3.38. The van der Waals surface area contributed by atoms with Crippen LogP contribution < -0.4 is 10.5 Å². The fourth-order valence-electron chi connectivity index (χ4n) is 3.73. The van der Waals surface area contributed by atoms with E-state index in [1.54, 1.807) is 7.11 Å². The Morgan fingerprint density at radius 2 is 1.85 bits per heavy atom. The third-order valence-electron chi connectivity index (χ3n) is 5.60. The smallest absolute Gasteiger partial charge is 0.154 e. The largest absolute Gasteiger partial charge is 0.497 e. The molecule has 0 bridgehead atoms. The van der Waals surface area contributed by atoms with Crippen LogP contribution in [0.5, 0.6) is 5.75 Å². The van der Waals surface area contributed by atoms with Crippen molar-refractivity contribution >= 4 is 0 Å². The summed E-state index contributed by atoms with van der Waals surface area (Å²) in [6.45, 7) is 2.22. The lowest BCUT2D eigenvalue weighted by Gasteiger charge is -2.30. The molecule has 26 heavy (non-hydrogen) atoms. The zero-order chi connectivity index (χ0) is 18.1. The van der Waals surface area contributed by atoms with E-state index in [0.717, 1.165) is 49.8 Å². The van der Waals surface area contributed by atoms with E-state index in [1.165, 1.54) is 18.4 Å². The van der Waals surface area contributed by atoms with Crippen LogP contribution in [-0.4, -0.2) is 46.9 Å². The minimum absolute atomic E-state index is 0.136. The van der Waals surface area contributed by atoms with Gasteiger partial charge >= 0.3 is 0 Å². The predicted octanol–water partition coefficient (Wildman–Crippen LogP) is 2.67. The van der Waals surface area contributed by atoms with Gasteiger partial charge in [-0.1, -0.05) is 12.1 Å². The molecule has 6 heteroatoms. The molecular formula is C20H29N5O. The fourth-order valence-corrected chi connectivity index (χ4v) is 3.73. The van der Waals surface area contributed by atoms with E-state index in [1.807, 2.05) is 12.1 Å². The third kappa shape index (κ3) is 3.76. The van der Waals surface area contributed by atoms with Crippen molar-refractivity contribution < 1.29 is 4.74 Å². The van der Waals surface area contributed by atoms with Crippen molar-refractivity contribution in [3.8, 4) is 5.75 Å². The molecule has 1 saturated heterocycles. The number of ether oxygens (including phenoxy) is 1. The monoisotopic (exact) mass is 355 g/mol. The lowest BCUT2D eigenvalue weighted by molar-refractivity contribution is 0.207. The summed E-state index contributed by atoms with van der Waals surface area (Å²) in [4.78, 5) is 7.27. The standard InChI is InChI=1S/C20H29N5O/c1-24-11-9-16(10-12-24)25-20(22-19(23-25)15-5-6-15)18(21)13-14-3-7-17(26-2)8-4-14/h3-4,7-8,15-16,18H,5-6,9-13,21H2,1-2H3/t18-/m0/s1. The summed E-state index contributed by atoms with van der Waals surface area (Å²) in [7, 11) is 3.87. The maximum absolute atomic E-state index is 6.60. The van der Waals surface area contributed by atoms with E-state index >= 15 is 0 Å². The first-order chi connectivity index (χ1) is 12.6. The number of likely N-dealkylation sites (tertiary alicyclic amines) is 1. The summed E-state index contributed by atoms with van der Waals surface area (Å²) in [5.41, 5.74) is 7.80. The molecule has 0 unspecified atom stereocenters. The molecule has 2 N–H and O–H groups in total. The predicted molar refractivity (Wildman–Crippen MR) is 101 cm³/mol. The van der Waals surface area contributed by atoms with Crippen LogP contribution in [-0.2, 0) is 6.42 Å². The SMILES string of the molecule is COc1ccc(C[C@H](N)c2nc(C3CC3)nn2C2CCN(C)CC2)cc1. The van der Waals surface area contributed by atoms with Gasteiger partial charge in [-0.25, -0.2) is 9.67 Å². The number of nitrogens with two attached hydrogens (primary N) is 1. The summed E-state index contributed by atoms with van der Waals surface area (Å²) < 4.78 is 7.40. The maximum Gasteiger partial charge on any atom is 0.154 e. The van der Waals surface area contributed by atoms with Gasteiger partial charge in [0.15, 0.2) is 5.82 Å². The molecule has 2 fully saturated rings. The second-order valence-electron chi connectivity index (χ2n) is 7.74. The summed E-state index contributed by atoms with van der Waals surface area (Å²) >= 11 is 0. The van der Waals surface area contributed by atoms with Crippen molar-refractivity contribution in [3.63, 3.8) is 0 Å². The molecule has 0 amide bonds. The van der Waals surface area contributed by atoms with Gasteiger partial charge in [0.1, 0.15) is 11.6 Å². The van der Waals surface area contributed by atoms with E-state index in [0.29, 0.717) is 12.0 Å². The van der Waals surface area contributed by atoms with Crippen LogP contribution in [0.2, 0.25) is 0 Å². The Morgan fingerprint density at radius 1 is 1.15 bits per heavy atom. The number of piperidine rings is 1. The summed E-state index contributed by atoms with van der Waals surface area (Å²) in [5, 5.41) is 4.90. The zero-order valence-electron chi connectivity index (χ0n) is 15.8. The van der Waals surface area contributed by atoms with Gasteiger partial charge in [-0.05, 0) is 69.9 Å². The van der Waals surface area contributed by atoms with Gasteiger partial charge in [0.05, 0.1) is 19.2 Å². The van der Waals surface area contributed by atoms with Crippen molar-refractivity contribution in [1.82, 2.24) is 19.7 Å². The fraction of sp³-hybridized carbons (Fsp3) is 0.600. The van der Waals surface area contributed by atoms with Gasteiger partial charge in [0.25, 0.3) is 0 Å². The molecule has 2 aromatic rings. The van der Waals surface area contributed by atoms with Crippen molar-refractivity contribution in [2.75, 3.05) is 27.2 Å². The molecule has 0 spiro atoms. The molecule has 1 aromatic carbocycles. The quantitative estimate of drug-likeness (QED) is 0.863. The molecule has 4 rings (SSSR count). The highest BCUT2D eigenvalue weighted by molar-refractivity contribution is 5.28. The molecule has 6 nitrogen and oxygen atoms in total. The van der Waals surface area contributed by atoms with E-state index in [2.05, 4.69) is 28.8 Å². The van der Waals surface area contributed by atoms with Gasteiger partial charge in [0, 0.05) is 5.92 Å². The van der Waals surface area contributed by atoms with Crippen molar-refractivity contribution in [3.05, 3.63) is 41.5 Å². The Morgan fingerprint density at radius 3 is 2.46 bits per heavy atom. The lowest BCUT2D eigenvalue weighted by atomic mass is 10.0. The van der Waals surface area contributed by atoms with Crippen LogP contribution in [0.25, 0.3) is 0 Å². The van der Waals surface area contributed by atoms with E-state index in [4.69, 9.17) is 20.6 Å². The Balaban J connectivity index is 1.55. The molecule has 1 aliphatic heterocycles. The Hall–Kier alpha value is -1.92. The first kappa shape index (κ1) is 17.5. The van der Waals surface area contributed by atoms with Crippen LogP contribution >= 0.6 is 0 Å². The van der Waals surface area contributed by atoms with Crippen molar-refractivity contribution in [2.45, 2.75) is 50.1 Å². The first-order valence-corrected chi connectivity index (χ1v) is 9.67. The highest BCUT2D eigenvalue weighted by Gasteiger charge is 2.32. The number of hydrogen-bond acceptors (Lipinski definition) is 5. The summed E-state index contributed by atoms with van der Waals surface area (Å²) in [6, 6.07) is 8.41. The highest BCUT2D eigenvalue weighted by atomic mass is 16.5. The van der Waals surface area contributed by atoms with Gasteiger partial charge in [-0.3, -0.25) is 0 Å². The number of aromatic nitrogens is 3. The number of rotatable bonds is 6. The average Bonchev–Trinajstić information content (AvgIpc) is 3.42. The molecule has 2 aliphatic rings. The molecular weight excluding hydrogens is 326 g/mol. The molecule has 1 aromatic heterocycles. The summed E-state index contributed by atoms with van der Waals surface area (Å²) in [6.07, 6.45) is 5.42. The third-order valence-corrected chi connectivity index (χ3v) is 5.60. The van der Waals surface area contributed by atoms with Crippen LogP contribution in [0.1, 0.15) is 60.9 Å². The minimum atomic E-state index is -0.136. The number of methoxy groups -OCH3 is 1. The second kappa shape index (κ2) is 7.37. The Labute approximate surface area is 155 Å². The van der Waals surface area contributed by atoms with Crippen molar-refractivity contribution in [2.24, 2.45) is 5.73 Å². The topological polar surface area (TPSA) is 69.2 Å². The first-order valence-electron chi connectivity index (χ1n) is 9.67. The number of benzene rings is 1.